The summed E-state index contributed by atoms with van der Waals surface area (Å²) < 4.78 is 5.10. The van der Waals surface area contributed by atoms with Crippen LogP contribution in [0.3, 0.4) is 0 Å². The summed E-state index contributed by atoms with van der Waals surface area (Å²) in [6.45, 7) is 0. The maximum Gasteiger partial charge on any atom is 0.155 e. The van der Waals surface area contributed by atoms with Crippen LogP contribution in [0.15, 0.2) is 46.2 Å². The van der Waals surface area contributed by atoms with Crippen LogP contribution < -0.4 is 0 Å². The maximum absolute atomic E-state index is 9.77. The Morgan fingerprint density at radius 1 is 1.32 bits per heavy atom. The molecule has 0 radical (unpaired) electrons. The molecule has 0 aliphatic carbocycles. The van der Waals surface area contributed by atoms with Gasteiger partial charge in [0.05, 0.1) is 11.3 Å². The van der Waals surface area contributed by atoms with Crippen LogP contribution >= 0.6 is 23.2 Å². The van der Waals surface area contributed by atoms with Gasteiger partial charge in [0, 0.05) is 10.6 Å². The van der Waals surface area contributed by atoms with E-state index in [9.17, 15) is 5.11 Å². The average Bonchev–Trinajstić information content (AvgIpc) is 2.89. The van der Waals surface area contributed by atoms with Gasteiger partial charge in [-0.1, -0.05) is 28.4 Å². The number of rotatable bonds is 3. The monoisotopic (exact) mass is 297 g/mol. The van der Waals surface area contributed by atoms with E-state index in [-0.39, 0.29) is 16.5 Å². The van der Waals surface area contributed by atoms with Gasteiger partial charge in [0.25, 0.3) is 0 Å². The molecule has 0 amide bonds. The Morgan fingerprint density at radius 3 is 2.74 bits per heavy atom. The first-order valence-electron chi connectivity index (χ1n) is 5.24. The second-order valence-corrected chi connectivity index (χ2v) is 4.46. The van der Waals surface area contributed by atoms with Gasteiger partial charge in [-0.15, -0.1) is 0 Å². The summed E-state index contributed by atoms with van der Waals surface area (Å²) in [7, 11) is 0. The first-order valence-corrected chi connectivity index (χ1v) is 5.99. The molecule has 0 spiro atoms. The Balaban J connectivity index is 2.33. The molecule has 0 saturated carbocycles. The summed E-state index contributed by atoms with van der Waals surface area (Å²) in [6.07, 6.45) is 4.45. The predicted molar refractivity (Wildman–Crippen MR) is 74.2 cm³/mol. The predicted octanol–water partition coefficient (Wildman–Crippen LogP) is 4.18. The maximum atomic E-state index is 9.77. The largest absolute Gasteiger partial charge is 0.506 e. The number of halogens is 2. The van der Waals surface area contributed by atoms with Crippen molar-refractivity contribution in [1.29, 1.82) is 0 Å². The normalized spacial score (nSPS) is 12.2. The number of hydrogen-bond donors (Lipinski definition) is 2. The van der Waals surface area contributed by atoms with Gasteiger partial charge in [0.2, 0.25) is 0 Å². The first-order chi connectivity index (χ1) is 9.11. The molecule has 0 aliphatic rings. The molecule has 98 valence electrons. The lowest BCUT2D eigenvalue weighted by Gasteiger charge is -2.02. The van der Waals surface area contributed by atoms with Crippen LogP contribution in [-0.4, -0.2) is 16.0 Å². The Hall–Kier alpha value is -1.91. The zero-order valence-electron chi connectivity index (χ0n) is 9.55. The van der Waals surface area contributed by atoms with Crippen LogP contribution in [0, 0.1) is 0 Å². The summed E-state index contributed by atoms with van der Waals surface area (Å²) in [6, 6.07) is 6.28. The molecular formula is C13H9Cl2NO3. The average molecular weight is 298 g/mol. The number of aromatic hydroxyl groups is 1. The molecule has 0 unspecified atom stereocenters. The third kappa shape index (κ3) is 3.10. The smallest absolute Gasteiger partial charge is 0.155 e. The van der Waals surface area contributed by atoms with Gasteiger partial charge < -0.3 is 14.7 Å². The molecule has 0 bridgehead atoms. The van der Waals surface area contributed by atoms with Crippen molar-refractivity contribution >= 4 is 35.0 Å². The van der Waals surface area contributed by atoms with Gasteiger partial charge >= 0.3 is 0 Å². The molecule has 0 fully saturated rings. The van der Waals surface area contributed by atoms with Crippen LogP contribution in [-0.2, 0) is 0 Å². The van der Waals surface area contributed by atoms with Crippen molar-refractivity contribution in [3.05, 3.63) is 58.0 Å². The van der Waals surface area contributed by atoms with Crippen LogP contribution in [0.25, 0.3) is 6.08 Å². The molecule has 19 heavy (non-hydrogen) atoms. The lowest BCUT2D eigenvalue weighted by atomic mass is 10.1. The number of nitrogens with zero attached hydrogens (tertiary/aromatic N) is 1. The fourth-order valence-corrected chi connectivity index (χ4v) is 1.98. The molecular weight excluding hydrogens is 289 g/mol. The quantitative estimate of drug-likeness (QED) is 0.507. The summed E-state index contributed by atoms with van der Waals surface area (Å²) in [5, 5.41) is 22.3. The Morgan fingerprint density at radius 2 is 2.11 bits per heavy atom. The van der Waals surface area contributed by atoms with E-state index in [1.165, 1.54) is 30.5 Å². The van der Waals surface area contributed by atoms with Crippen molar-refractivity contribution in [2.75, 3.05) is 0 Å². The van der Waals surface area contributed by atoms with Gasteiger partial charge in [0.15, 0.2) is 5.76 Å². The minimum absolute atomic E-state index is 0.0981. The summed E-state index contributed by atoms with van der Waals surface area (Å²) in [4.78, 5) is 0. The number of oxime groups is 1. The number of phenols is 1. The molecule has 0 aliphatic heterocycles. The molecule has 2 N–H and O–H groups in total. The van der Waals surface area contributed by atoms with Crippen LogP contribution in [0.2, 0.25) is 10.0 Å². The number of benzene rings is 1. The number of allylic oxidation sites excluding steroid dienone is 1. The topological polar surface area (TPSA) is 66.0 Å². The van der Waals surface area contributed by atoms with Crippen molar-refractivity contribution in [2.45, 2.75) is 0 Å². The van der Waals surface area contributed by atoms with Crippen molar-refractivity contribution in [3.8, 4) is 5.75 Å². The number of hydrogen-bond acceptors (Lipinski definition) is 4. The number of phenolic OH excluding ortho intramolecular Hbond substituents is 1. The van der Waals surface area contributed by atoms with Gasteiger partial charge in [-0.05, 0) is 36.4 Å². The van der Waals surface area contributed by atoms with E-state index in [4.69, 9.17) is 32.8 Å². The Kier molecular flexibility index (Phi) is 4.14. The SMILES string of the molecule is O/N=C(/C=C/c1cc(Cl)cc(Cl)c1O)c1ccco1. The van der Waals surface area contributed by atoms with Crippen molar-refractivity contribution in [3.63, 3.8) is 0 Å². The Bertz CT molecular complexity index is 634. The van der Waals surface area contributed by atoms with Gasteiger partial charge in [-0.2, -0.15) is 0 Å². The van der Waals surface area contributed by atoms with Gasteiger partial charge in [0.1, 0.15) is 11.5 Å². The molecule has 0 atom stereocenters. The first kappa shape index (κ1) is 13.5. The molecule has 0 saturated heterocycles. The third-order valence-corrected chi connectivity index (χ3v) is 2.87. The van der Waals surface area contributed by atoms with Crippen LogP contribution in [0.4, 0.5) is 0 Å². The minimum atomic E-state index is -0.0981. The molecule has 2 rings (SSSR count). The molecule has 1 heterocycles. The molecule has 2 aromatic rings. The van der Waals surface area contributed by atoms with Crippen LogP contribution in [0.5, 0.6) is 5.75 Å². The van der Waals surface area contributed by atoms with Crippen molar-refractivity contribution in [1.82, 2.24) is 0 Å². The molecule has 6 heteroatoms. The fourth-order valence-electron chi connectivity index (χ4n) is 1.47. The standard InChI is InChI=1S/C13H9Cl2NO3/c14-9-6-8(13(17)10(15)7-9)3-4-11(16-18)12-2-1-5-19-12/h1-7,17-18H/b4-3+,16-11-. The van der Waals surface area contributed by atoms with E-state index in [2.05, 4.69) is 5.16 Å². The Labute approximate surface area is 119 Å². The van der Waals surface area contributed by atoms with Crippen LogP contribution in [0.1, 0.15) is 11.3 Å². The fraction of sp³-hybridized carbons (Fsp3) is 0. The molecule has 4 nitrogen and oxygen atoms in total. The van der Waals surface area contributed by atoms with Crippen molar-refractivity contribution < 1.29 is 14.7 Å². The second-order valence-electron chi connectivity index (χ2n) is 3.62. The third-order valence-electron chi connectivity index (χ3n) is 2.36. The highest BCUT2D eigenvalue weighted by Gasteiger charge is 2.07. The zero-order valence-corrected chi connectivity index (χ0v) is 11.1. The number of furan rings is 1. The van der Waals surface area contributed by atoms with E-state index in [0.29, 0.717) is 16.3 Å². The van der Waals surface area contributed by atoms with E-state index >= 15 is 0 Å². The lowest BCUT2D eigenvalue weighted by Crippen LogP contribution is -1.93. The van der Waals surface area contributed by atoms with E-state index in [1.54, 1.807) is 12.1 Å². The second kappa shape index (κ2) is 5.82. The summed E-state index contributed by atoms with van der Waals surface area (Å²) in [5.74, 6) is 0.297. The minimum Gasteiger partial charge on any atom is -0.506 e. The zero-order chi connectivity index (χ0) is 13.8. The highest BCUT2D eigenvalue weighted by molar-refractivity contribution is 6.35. The lowest BCUT2D eigenvalue weighted by molar-refractivity contribution is 0.318. The molecule has 1 aromatic carbocycles. The summed E-state index contributed by atoms with van der Waals surface area (Å²) >= 11 is 11.6. The van der Waals surface area contributed by atoms with Gasteiger partial charge in [-0.3, -0.25) is 0 Å². The highest BCUT2D eigenvalue weighted by Crippen LogP contribution is 2.32. The van der Waals surface area contributed by atoms with E-state index < -0.39 is 0 Å². The summed E-state index contributed by atoms with van der Waals surface area (Å²) in [5.41, 5.74) is 0.616. The van der Waals surface area contributed by atoms with E-state index in [0.717, 1.165) is 0 Å². The van der Waals surface area contributed by atoms with Gasteiger partial charge in [-0.25, -0.2) is 0 Å². The molecule has 1 aromatic heterocycles. The van der Waals surface area contributed by atoms with Crippen molar-refractivity contribution in [2.24, 2.45) is 5.16 Å². The highest BCUT2D eigenvalue weighted by atomic mass is 35.5. The van der Waals surface area contributed by atoms with E-state index in [1.807, 2.05) is 0 Å².